The van der Waals surface area contributed by atoms with Crippen LogP contribution < -0.4 is 0 Å². The molecule has 3 aromatic carbocycles. The minimum atomic E-state index is -4.19. The van der Waals surface area contributed by atoms with E-state index in [9.17, 15) is 18.5 Å². The van der Waals surface area contributed by atoms with Crippen molar-refractivity contribution in [3.8, 4) is 6.07 Å². The second kappa shape index (κ2) is 6.99. The zero-order valence-electron chi connectivity index (χ0n) is 15.2. The Morgan fingerprint density at radius 1 is 1.10 bits per heavy atom. The average molecular weight is 424 g/mol. The van der Waals surface area contributed by atoms with E-state index in [0.717, 1.165) is 5.39 Å². The summed E-state index contributed by atoms with van der Waals surface area (Å²) in [6.07, 6.45) is 0. The minimum Gasteiger partial charge on any atom is -0.290 e. The number of sulfone groups is 1. The van der Waals surface area contributed by atoms with Crippen molar-refractivity contribution in [1.29, 1.82) is 5.26 Å². The van der Waals surface area contributed by atoms with E-state index in [1.807, 2.05) is 12.1 Å². The molecule has 0 aliphatic rings. The van der Waals surface area contributed by atoms with E-state index in [0.29, 0.717) is 21.3 Å². The average Bonchev–Trinajstić information content (AvgIpc) is 3.06. The summed E-state index contributed by atoms with van der Waals surface area (Å²) in [6.45, 7) is 0. The zero-order valence-corrected chi connectivity index (χ0v) is 16.8. The van der Waals surface area contributed by atoms with Gasteiger partial charge in [0.05, 0.1) is 21.5 Å². The van der Waals surface area contributed by atoms with Crippen LogP contribution in [-0.2, 0) is 16.9 Å². The summed E-state index contributed by atoms with van der Waals surface area (Å²) in [4.78, 5) is 13.0. The van der Waals surface area contributed by atoms with Gasteiger partial charge in [0.1, 0.15) is 5.69 Å². The number of hydrogen-bond acceptors (Lipinski definition) is 5. The number of hydrogen-bond donors (Lipinski definition) is 0. The molecule has 4 aromatic rings. The van der Waals surface area contributed by atoms with E-state index in [4.69, 9.17) is 11.6 Å². The van der Waals surface area contributed by atoms with Crippen molar-refractivity contribution < 1.29 is 13.2 Å². The SMILES string of the molecule is Cn1nc(C(=O)C(C#N)S(=O)(=O)c2ccccc2)c2ccc3cccc(Cl)c3c21. The summed E-state index contributed by atoms with van der Waals surface area (Å²) in [6, 6.07) is 18.0. The van der Waals surface area contributed by atoms with Gasteiger partial charge in [-0.05, 0) is 29.7 Å². The zero-order chi connectivity index (χ0) is 20.8. The molecule has 0 saturated carbocycles. The fourth-order valence-electron chi connectivity index (χ4n) is 3.42. The molecule has 0 saturated heterocycles. The number of ketones is 1. The Balaban J connectivity index is 1.92. The summed E-state index contributed by atoms with van der Waals surface area (Å²) >= 11 is 6.37. The molecule has 1 atom stereocenters. The molecule has 1 aromatic heterocycles. The van der Waals surface area contributed by atoms with Crippen LogP contribution in [0.15, 0.2) is 65.6 Å². The fourth-order valence-corrected chi connectivity index (χ4v) is 5.03. The normalized spacial score (nSPS) is 12.7. The summed E-state index contributed by atoms with van der Waals surface area (Å²) in [5.41, 5.74) is 0.528. The molecule has 6 nitrogen and oxygen atoms in total. The van der Waals surface area contributed by atoms with Gasteiger partial charge >= 0.3 is 0 Å². The van der Waals surface area contributed by atoms with Crippen LogP contribution in [0.4, 0.5) is 0 Å². The van der Waals surface area contributed by atoms with E-state index in [2.05, 4.69) is 5.10 Å². The van der Waals surface area contributed by atoms with Gasteiger partial charge in [-0.3, -0.25) is 9.48 Å². The fraction of sp³-hybridized carbons (Fsp3) is 0.0952. The van der Waals surface area contributed by atoms with Gasteiger partial charge in [-0.15, -0.1) is 0 Å². The Morgan fingerprint density at radius 2 is 1.83 bits per heavy atom. The van der Waals surface area contributed by atoms with Crippen LogP contribution in [0.2, 0.25) is 5.02 Å². The molecular weight excluding hydrogens is 410 g/mol. The maximum atomic E-state index is 13.1. The second-order valence-corrected chi connectivity index (χ2v) is 8.94. The van der Waals surface area contributed by atoms with Crippen molar-refractivity contribution in [2.45, 2.75) is 10.1 Å². The van der Waals surface area contributed by atoms with Gasteiger partial charge in [-0.1, -0.05) is 48.0 Å². The molecule has 4 rings (SSSR count). The maximum Gasteiger partial charge on any atom is 0.216 e. The number of aryl methyl sites for hydroxylation is 1. The molecule has 0 bridgehead atoms. The van der Waals surface area contributed by atoms with Gasteiger partial charge in [0, 0.05) is 17.8 Å². The second-order valence-electron chi connectivity index (χ2n) is 6.50. The minimum absolute atomic E-state index is 0.0737. The van der Waals surface area contributed by atoms with Gasteiger partial charge in [0.25, 0.3) is 0 Å². The Kier molecular flexibility index (Phi) is 4.61. The van der Waals surface area contributed by atoms with Crippen LogP contribution in [0.3, 0.4) is 0 Å². The lowest BCUT2D eigenvalue weighted by atomic mass is 10.0. The monoisotopic (exact) mass is 423 g/mol. The van der Waals surface area contributed by atoms with Crippen molar-refractivity contribution in [3.05, 3.63) is 71.4 Å². The van der Waals surface area contributed by atoms with Crippen molar-refractivity contribution in [2.24, 2.45) is 7.05 Å². The van der Waals surface area contributed by atoms with Gasteiger partial charge in [0.2, 0.25) is 20.9 Å². The largest absolute Gasteiger partial charge is 0.290 e. The first-order valence-corrected chi connectivity index (χ1v) is 10.6. The Labute approximate surface area is 171 Å². The van der Waals surface area contributed by atoms with Gasteiger partial charge in [0.15, 0.2) is 0 Å². The molecule has 144 valence electrons. The Hall–Kier alpha value is -3.21. The third-order valence-corrected chi connectivity index (χ3v) is 6.95. The van der Waals surface area contributed by atoms with E-state index in [1.54, 1.807) is 37.4 Å². The Morgan fingerprint density at radius 3 is 2.52 bits per heavy atom. The van der Waals surface area contributed by atoms with Gasteiger partial charge in [-0.25, -0.2) is 8.42 Å². The molecular formula is C21H14ClN3O3S. The molecule has 0 radical (unpaired) electrons. The number of aromatic nitrogens is 2. The van der Waals surface area contributed by atoms with Crippen LogP contribution in [0.5, 0.6) is 0 Å². The standard InChI is InChI=1S/C21H14ClN3O3S/c1-25-20-15(11-10-13-6-5-9-16(22)18(13)20)19(24-25)21(26)17(12-23)29(27,28)14-7-3-2-4-8-14/h2-11,17H,1H3. The van der Waals surface area contributed by atoms with E-state index in [1.165, 1.54) is 28.9 Å². The summed E-state index contributed by atoms with van der Waals surface area (Å²) in [5.74, 6) is -0.867. The number of nitriles is 1. The van der Waals surface area contributed by atoms with Crippen molar-refractivity contribution >= 4 is 48.9 Å². The molecule has 8 heteroatoms. The molecule has 0 amide bonds. The highest BCUT2D eigenvalue weighted by molar-refractivity contribution is 7.93. The van der Waals surface area contributed by atoms with Crippen molar-refractivity contribution in [2.75, 3.05) is 0 Å². The maximum absolute atomic E-state index is 13.1. The predicted octanol–water partition coefficient (Wildman–Crippen LogP) is 3.93. The molecule has 0 fully saturated rings. The first-order chi connectivity index (χ1) is 13.9. The first-order valence-electron chi connectivity index (χ1n) is 8.63. The van der Waals surface area contributed by atoms with Crippen LogP contribution in [0, 0.1) is 11.3 Å². The predicted molar refractivity (Wildman–Crippen MR) is 111 cm³/mol. The number of benzene rings is 3. The number of nitrogens with zero attached hydrogens (tertiary/aromatic N) is 3. The molecule has 0 N–H and O–H groups in total. The van der Waals surface area contributed by atoms with E-state index >= 15 is 0 Å². The summed E-state index contributed by atoms with van der Waals surface area (Å²) in [7, 11) is -2.55. The quantitative estimate of drug-likeness (QED) is 0.463. The number of fused-ring (bicyclic) bond motifs is 3. The summed E-state index contributed by atoms with van der Waals surface area (Å²) in [5, 5.41) is 14.4. The van der Waals surface area contributed by atoms with Gasteiger partial charge in [-0.2, -0.15) is 10.4 Å². The van der Waals surface area contributed by atoms with Crippen LogP contribution in [0.1, 0.15) is 10.5 Å². The number of carbonyl (C=O) groups excluding carboxylic acids is 1. The van der Waals surface area contributed by atoms with Crippen LogP contribution >= 0.6 is 11.6 Å². The lowest BCUT2D eigenvalue weighted by Crippen LogP contribution is -2.29. The highest BCUT2D eigenvalue weighted by atomic mass is 35.5. The molecule has 0 spiro atoms. The number of rotatable bonds is 4. The molecule has 1 unspecified atom stereocenters. The highest BCUT2D eigenvalue weighted by Gasteiger charge is 2.37. The molecule has 0 aliphatic carbocycles. The number of Topliss-reactive ketones (excluding diaryl/α,β-unsaturated/α-hetero) is 1. The summed E-state index contributed by atoms with van der Waals surface area (Å²) < 4.78 is 27.3. The molecule has 1 heterocycles. The highest BCUT2D eigenvalue weighted by Crippen LogP contribution is 2.33. The van der Waals surface area contributed by atoms with Crippen LogP contribution in [0.25, 0.3) is 21.7 Å². The number of carbonyl (C=O) groups is 1. The van der Waals surface area contributed by atoms with E-state index < -0.39 is 20.9 Å². The molecule has 0 aliphatic heterocycles. The lowest BCUT2D eigenvalue weighted by molar-refractivity contribution is 0.0996. The van der Waals surface area contributed by atoms with Crippen molar-refractivity contribution in [1.82, 2.24) is 9.78 Å². The lowest BCUT2D eigenvalue weighted by Gasteiger charge is -2.09. The topological polar surface area (TPSA) is 92.8 Å². The number of halogens is 1. The van der Waals surface area contributed by atoms with Crippen LogP contribution in [-0.4, -0.2) is 29.2 Å². The molecule has 29 heavy (non-hydrogen) atoms. The first kappa shape index (κ1) is 19.1. The third kappa shape index (κ3) is 2.97. The third-order valence-electron chi connectivity index (χ3n) is 4.77. The van der Waals surface area contributed by atoms with Gasteiger partial charge < -0.3 is 0 Å². The van der Waals surface area contributed by atoms with Crippen molar-refractivity contribution in [3.63, 3.8) is 0 Å². The smallest absolute Gasteiger partial charge is 0.216 e. The van der Waals surface area contributed by atoms with E-state index in [-0.39, 0.29) is 10.6 Å². The Bertz CT molecular complexity index is 1420.